The molecular weight excluding hydrogens is 344 g/mol. The number of hydrogen-bond donors (Lipinski definition) is 3. The van der Waals surface area contributed by atoms with Crippen molar-refractivity contribution in [1.29, 1.82) is 0 Å². The summed E-state index contributed by atoms with van der Waals surface area (Å²) in [6, 6.07) is 7.23. The van der Waals surface area contributed by atoms with Crippen molar-refractivity contribution in [3.8, 4) is 0 Å². The van der Waals surface area contributed by atoms with Gasteiger partial charge in [-0.05, 0) is 24.5 Å². The minimum atomic E-state index is -0.648. The van der Waals surface area contributed by atoms with Crippen molar-refractivity contribution >= 4 is 28.6 Å². The van der Waals surface area contributed by atoms with Gasteiger partial charge in [0.05, 0.1) is 5.92 Å². The molecule has 1 saturated heterocycles. The van der Waals surface area contributed by atoms with Crippen LogP contribution in [0, 0.1) is 5.92 Å². The predicted molar refractivity (Wildman–Crippen MR) is 103 cm³/mol. The average Bonchev–Trinajstić information content (AvgIpc) is 3.09. The first kappa shape index (κ1) is 18.9. The molecule has 1 fully saturated rings. The number of fused-ring (bicyclic) bond motifs is 1. The molecule has 0 radical (unpaired) electrons. The van der Waals surface area contributed by atoms with Crippen molar-refractivity contribution in [1.82, 2.24) is 20.5 Å². The van der Waals surface area contributed by atoms with E-state index in [1.54, 1.807) is 11.9 Å². The van der Waals surface area contributed by atoms with Crippen LogP contribution in [0.25, 0.3) is 10.9 Å². The number of H-pyrrole nitrogens is 1. The van der Waals surface area contributed by atoms with Crippen LogP contribution in [-0.2, 0) is 20.8 Å². The van der Waals surface area contributed by atoms with Gasteiger partial charge in [0.25, 0.3) is 0 Å². The fraction of sp³-hybridized carbons (Fsp3) is 0.450. The zero-order valence-electron chi connectivity index (χ0n) is 15.7. The van der Waals surface area contributed by atoms with E-state index in [4.69, 9.17) is 0 Å². The Labute approximate surface area is 158 Å². The number of piperidine rings is 1. The predicted octanol–water partition coefficient (Wildman–Crippen LogP) is 1.20. The molecule has 0 saturated carbocycles. The lowest BCUT2D eigenvalue weighted by atomic mass is 9.95. The Morgan fingerprint density at radius 2 is 2.07 bits per heavy atom. The Morgan fingerprint density at radius 3 is 2.81 bits per heavy atom. The van der Waals surface area contributed by atoms with Crippen LogP contribution in [0.15, 0.2) is 30.5 Å². The van der Waals surface area contributed by atoms with E-state index in [-0.39, 0.29) is 23.6 Å². The zero-order chi connectivity index (χ0) is 19.4. The van der Waals surface area contributed by atoms with Gasteiger partial charge in [0.2, 0.25) is 17.7 Å². The van der Waals surface area contributed by atoms with Crippen LogP contribution in [-0.4, -0.2) is 53.8 Å². The van der Waals surface area contributed by atoms with Gasteiger partial charge in [-0.3, -0.25) is 14.4 Å². The summed E-state index contributed by atoms with van der Waals surface area (Å²) in [4.78, 5) is 41.7. The number of carbonyl (C=O) groups excluding carboxylic acids is 3. The molecule has 27 heavy (non-hydrogen) atoms. The molecule has 7 heteroatoms. The van der Waals surface area contributed by atoms with Gasteiger partial charge >= 0.3 is 0 Å². The summed E-state index contributed by atoms with van der Waals surface area (Å²) in [5.41, 5.74) is 1.98. The molecule has 2 aromatic rings. The van der Waals surface area contributed by atoms with Crippen molar-refractivity contribution in [2.24, 2.45) is 5.92 Å². The van der Waals surface area contributed by atoms with Gasteiger partial charge in [-0.2, -0.15) is 0 Å². The molecule has 1 aliphatic heterocycles. The van der Waals surface area contributed by atoms with E-state index in [1.807, 2.05) is 30.5 Å². The maximum absolute atomic E-state index is 13.1. The van der Waals surface area contributed by atoms with E-state index in [0.29, 0.717) is 19.5 Å². The molecule has 0 aliphatic carbocycles. The summed E-state index contributed by atoms with van der Waals surface area (Å²) in [6.07, 6.45) is 3.85. The quantitative estimate of drug-likeness (QED) is 0.738. The maximum Gasteiger partial charge on any atom is 0.245 e. The molecule has 2 unspecified atom stereocenters. The first-order valence-electron chi connectivity index (χ1n) is 9.32. The van der Waals surface area contributed by atoms with Crippen molar-refractivity contribution in [2.75, 3.05) is 20.1 Å². The highest BCUT2D eigenvalue weighted by atomic mass is 16.2. The van der Waals surface area contributed by atoms with Crippen LogP contribution in [0.1, 0.15) is 25.3 Å². The largest absolute Gasteiger partial charge is 0.361 e. The molecule has 7 nitrogen and oxygen atoms in total. The van der Waals surface area contributed by atoms with Gasteiger partial charge in [0, 0.05) is 50.6 Å². The molecule has 3 rings (SSSR count). The van der Waals surface area contributed by atoms with Gasteiger partial charge in [-0.25, -0.2) is 0 Å². The highest BCUT2D eigenvalue weighted by molar-refractivity contribution is 5.89. The number of benzene rings is 1. The van der Waals surface area contributed by atoms with E-state index in [0.717, 1.165) is 29.3 Å². The molecule has 2 heterocycles. The lowest BCUT2D eigenvalue weighted by Gasteiger charge is -2.34. The van der Waals surface area contributed by atoms with Crippen LogP contribution < -0.4 is 10.6 Å². The Hall–Kier alpha value is -2.83. The number of aromatic amines is 1. The molecule has 1 aromatic carbocycles. The van der Waals surface area contributed by atoms with Crippen LogP contribution in [0.3, 0.4) is 0 Å². The third-order valence-corrected chi connectivity index (χ3v) is 5.12. The van der Waals surface area contributed by atoms with Gasteiger partial charge in [-0.15, -0.1) is 0 Å². The van der Waals surface area contributed by atoms with Crippen LogP contribution in [0.5, 0.6) is 0 Å². The lowest BCUT2D eigenvalue weighted by Crippen LogP contribution is -2.53. The fourth-order valence-electron chi connectivity index (χ4n) is 3.78. The first-order chi connectivity index (χ1) is 13.0. The second-order valence-electron chi connectivity index (χ2n) is 7.05. The first-order valence-corrected chi connectivity index (χ1v) is 9.32. The standard InChI is InChI=1S/C20H26N4O3/c1-13(25)23-18(10-15-11-22-17-8-4-3-7-16(15)17)20(27)24-9-5-6-14(12-24)19(26)21-2/h3-4,7-8,11,14,18,22H,5-6,9-10,12H2,1-2H3,(H,21,26)(H,23,25). The summed E-state index contributed by atoms with van der Waals surface area (Å²) < 4.78 is 0. The number of nitrogens with zero attached hydrogens (tertiary/aromatic N) is 1. The Morgan fingerprint density at radius 1 is 1.30 bits per heavy atom. The zero-order valence-corrected chi connectivity index (χ0v) is 15.7. The smallest absolute Gasteiger partial charge is 0.245 e. The number of amides is 3. The highest BCUT2D eigenvalue weighted by Crippen LogP contribution is 2.21. The Kier molecular flexibility index (Phi) is 5.78. The van der Waals surface area contributed by atoms with Gasteiger partial charge in [0.15, 0.2) is 0 Å². The number of aromatic nitrogens is 1. The molecule has 1 aromatic heterocycles. The maximum atomic E-state index is 13.1. The SMILES string of the molecule is CNC(=O)C1CCCN(C(=O)C(Cc2c[nH]c3ccccc23)NC(C)=O)C1. The fourth-order valence-corrected chi connectivity index (χ4v) is 3.78. The molecular formula is C20H26N4O3. The Balaban J connectivity index is 1.78. The molecule has 3 N–H and O–H groups in total. The minimum Gasteiger partial charge on any atom is -0.361 e. The van der Waals surface area contributed by atoms with Gasteiger partial charge in [-0.1, -0.05) is 18.2 Å². The lowest BCUT2D eigenvalue weighted by molar-refractivity contribution is -0.139. The molecule has 2 atom stereocenters. The normalized spacial score (nSPS) is 18.1. The van der Waals surface area contributed by atoms with Crippen molar-refractivity contribution in [3.63, 3.8) is 0 Å². The van der Waals surface area contributed by atoms with Gasteiger partial charge in [0.1, 0.15) is 6.04 Å². The van der Waals surface area contributed by atoms with E-state index >= 15 is 0 Å². The van der Waals surface area contributed by atoms with Crippen molar-refractivity contribution in [3.05, 3.63) is 36.0 Å². The molecule has 0 bridgehead atoms. The second kappa shape index (κ2) is 8.24. The van der Waals surface area contributed by atoms with Crippen LogP contribution in [0.4, 0.5) is 0 Å². The monoisotopic (exact) mass is 370 g/mol. The summed E-state index contributed by atoms with van der Waals surface area (Å²) in [7, 11) is 1.61. The summed E-state index contributed by atoms with van der Waals surface area (Å²) in [5.74, 6) is -0.615. The summed E-state index contributed by atoms with van der Waals surface area (Å²) >= 11 is 0. The third kappa shape index (κ3) is 4.30. The molecule has 1 aliphatic rings. The van der Waals surface area contributed by atoms with Crippen molar-refractivity contribution in [2.45, 2.75) is 32.2 Å². The number of rotatable bonds is 5. The second-order valence-corrected chi connectivity index (χ2v) is 7.05. The van der Waals surface area contributed by atoms with E-state index in [1.165, 1.54) is 6.92 Å². The number of likely N-dealkylation sites (tertiary alicyclic amines) is 1. The highest BCUT2D eigenvalue weighted by Gasteiger charge is 2.32. The number of nitrogens with one attached hydrogen (secondary N) is 3. The average molecular weight is 370 g/mol. The number of para-hydroxylation sites is 1. The van der Waals surface area contributed by atoms with Crippen LogP contribution >= 0.6 is 0 Å². The molecule has 0 spiro atoms. The van der Waals surface area contributed by atoms with E-state index in [2.05, 4.69) is 15.6 Å². The molecule has 144 valence electrons. The van der Waals surface area contributed by atoms with Crippen LogP contribution in [0.2, 0.25) is 0 Å². The Bertz CT molecular complexity index is 845. The number of carbonyl (C=O) groups is 3. The summed E-state index contributed by atoms with van der Waals surface area (Å²) in [6.45, 7) is 2.41. The topological polar surface area (TPSA) is 94.3 Å². The molecule has 3 amide bonds. The minimum absolute atomic E-state index is 0.0415. The summed E-state index contributed by atoms with van der Waals surface area (Å²) in [5, 5.41) is 6.50. The third-order valence-electron chi connectivity index (χ3n) is 5.12. The van der Waals surface area contributed by atoms with E-state index in [9.17, 15) is 14.4 Å². The van der Waals surface area contributed by atoms with Crippen molar-refractivity contribution < 1.29 is 14.4 Å². The number of hydrogen-bond acceptors (Lipinski definition) is 3. The van der Waals surface area contributed by atoms with Gasteiger partial charge < -0.3 is 20.5 Å². The van der Waals surface area contributed by atoms with E-state index < -0.39 is 6.04 Å².